The van der Waals surface area contributed by atoms with Gasteiger partial charge >= 0.3 is 0 Å². The molecule has 0 N–H and O–H groups in total. The molecular weight excluding hydrogens is 352 g/mol. The van der Waals surface area contributed by atoms with Crippen LogP contribution in [0.5, 0.6) is 5.75 Å². The van der Waals surface area contributed by atoms with Crippen LogP contribution >= 0.6 is 0 Å². The van der Waals surface area contributed by atoms with E-state index in [2.05, 4.69) is 15.0 Å². The summed E-state index contributed by atoms with van der Waals surface area (Å²) >= 11 is 0. The maximum absolute atomic E-state index is 13.4. The van der Waals surface area contributed by atoms with Crippen molar-refractivity contribution in [2.45, 2.75) is 18.9 Å². The Morgan fingerprint density at radius 2 is 1.96 bits per heavy atom. The molecular formula is C20H19F2N3O2. The van der Waals surface area contributed by atoms with E-state index in [4.69, 9.17) is 9.26 Å². The lowest BCUT2D eigenvalue weighted by molar-refractivity contribution is 0.308. The molecule has 2 aromatic carbocycles. The van der Waals surface area contributed by atoms with Gasteiger partial charge in [0.25, 0.3) is 0 Å². The van der Waals surface area contributed by atoms with Gasteiger partial charge in [-0.05, 0) is 54.9 Å². The van der Waals surface area contributed by atoms with Crippen molar-refractivity contribution < 1.29 is 18.0 Å². The summed E-state index contributed by atoms with van der Waals surface area (Å²) in [4.78, 5) is 6.71. The van der Waals surface area contributed by atoms with Crippen molar-refractivity contribution in [1.82, 2.24) is 15.0 Å². The van der Waals surface area contributed by atoms with Gasteiger partial charge in [0.05, 0.1) is 13.0 Å². The lowest BCUT2D eigenvalue weighted by Crippen LogP contribution is -2.20. The van der Waals surface area contributed by atoms with Crippen molar-refractivity contribution in [3.05, 3.63) is 65.6 Å². The maximum Gasteiger partial charge on any atom is 0.231 e. The van der Waals surface area contributed by atoms with Crippen LogP contribution in [0.2, 0.25) is 0 Å². The van der Waals surface area contributed by atoms with Gasteiger partial charge in [-0.25, -0.2) is 8.78 Å². The van der Waals surface area contributed by atoms with Crippen LogP contribution in [0.1, 0.15) is 23.8 Å². The van der Waals surface area contributed by atoms with E-state index < -0.39 is 11.6 Å². The normalized spacial score (nSPS) is 17.4. The lowest BCUT2D eigenvalue weighted by Gasteiger charge is -2.15. The first-order valence-electron chi connectivity index (χ1n) is 8.76. The summed E-state index contributed by atoms with van der Waals surface area (Å²) in [5.41, 5.74) is 1.61. The summed E-state index contributed by atoms with van der Waals surface area (Å²) in [7, 11) is 1.62. The zero-order valence-corrected chi connectivity index (χ0v) is 14.9. The molecule has 1 aromatic heterocycles. The van der Waals surface area contributed by atoms with E-state index >= 15 is 0 Å². The smallest absolute Gasteiger partial charge is 0.231 e. The Hall–Kier alpha value is -2.80. The Kier molecular flexibility index (Phi) is 4.85. The van der Waals surface area contributed by atoms with E-state index in [0.717, 1.165) is 42.5 Å². The zero-order chi connectivity index (χ0) is 18.8. The summed E-state index contributed by atoms with van der Waals surface area (Å²) in [6.45, 7) is 2.14. The standard InChI is InChI=1S/C20H19F2N3O2/c1-26-16-5-3-14(4-6-16)19-23-20(27-24-19)15-8-9-25(12-15)11-13-2-7-17(21)18(22)10-13/h2-7,10,15H,8-9,11-12H2,1H3. The number of aromatic nitrogens is 2. The molecule has 1 saturated heterocycles. The fourth-order valence-corrected chi connectivity index (χ4v) is 3.33. The molecule has 27 heavy (non-hydrogen) atoms. The molecule has 0 saturated carbocycles. The van der Waals surface area contributed by atoms with Crippen LogP contribution in [0.15, 0.2) is 47.0 Å². The van der Waals surface area contributed by atoms with Crippen LogP contribution in [0.25, 0.3) is 11.4 Å². The highest BCUT2D eigenvalue weighted by atomic mass is 19.2. The van der Waals surface area contributed by atoms with E-state index in [1.807, 2.05) is 24.3 Å². The van der Waals surface area contributed by atoms with Gasteiger partial charge in [-0.1, -0.05) is 11.2 Å². The maximum atomic E-state index is 13.4. The van der Waals surface area contributed by atoms with Crippen LogP contribution in [0, 0.1) is 11.6 Å². The second-order valence-electron chi connectivity index (χ2n) is 6.65. The Morgan fingerprint density at radius 1 is 1.15 bits per heavy atom. The number of benzene rings is 2. The van der Waals surface area contributed by atoms with Gasteiger partial charge in [0.2, 0.25) is 11.7 Å². The zero-order valence-electron chi connectivity index (χ0n) is 14.9. The average molecular weight is 371 g/mol. The third-order valence-corrected chi connectivity index (χ3v) is 4.80. The third kappa shape index (κ3) is 3.83. The SMILES string of the molecule is COc1ccc(-c2noc(C3CCN(Cc4ccc(F)c(F)c4)C3)n2)cc1. The average Bonchev–Trinajstić information content (AvgIpc) is 3.34. The highest BCUT2D eigenvalue weighted by Gasteiger charge is 2.28. The predicted molar refractivity (Wildman–Crippen MR) is 95.3 cm³/mol. The van der Waals surface area contributed by atoms with Crippen molar-refractivity contribution in [1.29, 1.82) is 0 Å². The molecule has 1 aliphatic rings. The molecule has 1 unspecified atom stereocenters. The first kappa shape index (κ1) is 17.6. The Morgan fingerprint density at radius 3 is 2.70 bits per heavy atom. The monoisotopic (exact) mass is 371 g/mol. The molecule has 1 atom stereocenters. The summed E-state index contributed by atoms with van der Waals surface area (Å²) in [6.07, 6.45) is 0.883. The molecule has 1 aliphatic heterocycles. The van der Waals surface area contributed by atoms with Crippen molar-refractivity contribution in [2.24, 2.45) is 0 Å². The van der Waals surface area contributed by atoms with E-state index in [1.165, 1.54) is 6.07 Å². The quantitative estimate of drug-likeness (QED) is 0.678. The van der Waals surface area contributed by atoms with Gasteiger partial charge < -0.3 is 9.26 Å². The van der Waals surface area contributed by atoms with Crippen molar-refractivity contribution in [2.75, 3.05) is 20.2 Å². The molecule has 0 spiro atoms. The fraction of sp³-hybridized carbons (Fsp3) is 0.300. The number of rotatable bonds is 5. The summed E-state index contributed by atoms with van der Waals surface area (Å²) in [6, 6.07) is 11.5. The van der Waals surface area contributed by atoms with Crippen LogP contribution in [-0.4, -0.2) is 35.2 Å². The van der Waals surface area contributed by atoms with Gasteiger partial charge in [0.15, 0.2) is 11.6 Å². The van der Waals surface area contributed by atoms with E-state index in [-0.39, 0.29) is 5.92 Å². The Bertz CT molecular complexity index is 927. The largest absolute Gasteiger partial charge is 0.497 e. The fourth-order valence-electron chi connectivity index (χ4n) is 3.33. The van der Waals surface area contributed by atoms with E-state index in [1.54, 1.807) is 13.2 Å². The van der Waals surface area contributed by atoms with Crippen LogP contribution in [-0.2, 0) is 6.54 Å². The van der Waals surface area contributed by atoms with Gasteiger partial charge in [-0.3, -0.25) is 4.90 Å². The highest BCUT2D eigenvalue weighted by molar-refractivity contribution is 5.55. The number of likely N-dealkylation sites (tertiary alicyclic amines) is 1. The van der Waals surface area contributed by atoms with Crippen LogP contribution in [0.4, 0.5) is 8.78 Å². The second-order valence-corrected chi connectivity index (χ2v) is 6.65. The molecule has 3 aromatic rings. The summed E-state index contributed by atoms with van der Waals surface area (Å²) < 4.78 is 37.0. The molecule has 0 radical (unpaired) electrons. The number of hydrogen-bond donors (Lipinski definition) is 0. The molecule has 2 heterocycles. The Balaban J connectivity index is 1.41. The molecule has 4 rings (SSSR count). The molecule has 0 bridgehead atoms. The number of nitrogens with zero attached hydrogens (tertiary/aromatic N) is 3. The van der Waals surface area contributed by atoms with Crippen molar-refractivity contribution >= 4 is 0 Å². The van der Waals surface area contributed by atoms with Crippen molar-refractivity contribution in [3.63, 3.8) is 0 Å². The number of ether oxygens (including phenoxy) is 1. The predicted octanol–water partition coefficient (Wildman–Crippen LogP) is 4.01. The molecule has 5 nitrogen and oxygen atoms in total. The second kappa shape index (κ2) is 7.44. The molecule has 1 fully saturated rings. The van der Waals surface area contributed by atoms with Gasteiger partial charge in [-0.2, -0.15) is 4.98 Å². The topological polar surface area (TPSA) is 51.4 Å². The molecule has 140 valence electrons. The first-order valence-corrected chi connectivity index (χ1v) is 8.76. The minimum atomic E-state index is -0.824. The summed E-state index contributed by atoms with van der Waals surface area (Å²) in [5, 5.41) is 4.08. The van der Waals surface area contributed by atoms with E-state index in [0.29, 0.717) is 18.3 Å². The summed E-state index contributed by atoms with van der Waals surface area (Å²) in [5.74, 6) is 0.417. The van der Waals surface area contributed by atoms with Crippen LogP contribution in [0.3, 0.4) is 0 Å². The van der Waals surface area contributed by atoms with E-state index in [9.17, 15) is 8.78 Å². The van der Waals surface area contributed by atoms with Crippen LogP contribution < -0.4 is 4.74 Å². The Labute approximate surface area is 155 Å². The number of hydrogen-bond acceptors (Lipinski definition) is 5. The number of methoxy groups -OCH3 is 1. The van der Waals surface area contributed by atoms with Gasteiger partial charge in [0, 0.05) is 18.7 Å². The minimum Gasteiger partial charge on any atom is -0.497 e. The minimum absolute atomic E-state index is 0.134. The molecule has 7 heteroatoms. The van der Waals surface area contributed by atoms with Crippen molar-refractivity contribution in [3.8, 4) is 17.1 Å². The lowest BCUT2D eigenvalue weighted by atomic mass is 10.1. The third-order valence-electron chi connectivity index (χ3n) is 4.80. The van der Waals surface area contributed by atoms with Gasteiger partial charge in [0.1, 0.15) is 5.75 Å². The number of halogens is 2. The molecule has 0 amide bonds. The first-order chi connectivity index (χ1) is 13.1. The molecule has 0 aliphatic carbocycles. The highest BCUT2D eigenvalue weighted by Crippen LogP contribution is 2.29. The van der Waals surface area contributed by atoms with Gasteiger partial charge in [-0.15, -0.1) is 0 Å².